The van der Waals surface area contributed by atoms with Gasteiger partial charge < -0.3 is 9.47 Å². The monoisotopic (exact) mass is 222 g/mol. The number of hydrogen-bond donors (Lipinski definition) is 0. The SMILES string of the molecule is COOC(=O)C(CCC[SiH3])(OC)OC. The third kappa shape index (κ3) is 3.37. The summed E-state index contributed by atoms with van der Waals surface area (Å²) in [6, 6.07) is 1.08. The topological polar surface area (TPSA) is 54.0 Å². The van der Waals surface area contributed by atoms with Gasteiger partial charge in [0.15, 0.2) is 0 Å². The van der Waals surface area contributed by atoms with Gasteiger partial charge in [0.1, 0.15) is 0 Å². The molecule has 0 aromatic heterocycles. The molecule has 0 atom stereocenters. The Kier molecular flexibility index (Phi) is 6.72. The number of hydrogen-bond acceptors (Lipinski definition) is 5. The molecule has 0 aliphatic heterocycles. The Bertz CT molecular complexity index is 169. The van der Waals surface area contributed by atoms with Gasteiger partial charge in [0.25, 0.3) is 5.79 Å². The number of methoxy groups -OCH3 is 2. The lowest BCUT2D eigenvalue weighted by atomic mass is 10.1. The molecular weight excluding hydrogens is 204 g/mol. The molecule has 0 amide bonds. The van der Waals surface area contributed by atoms with Gasteiger partial charge in [-0.25, -0.2) is 4.79 Å². The molecule has 0 N–H and O–H groups in total. The summed E-state index contributed by atoms with van der Waals surface area (Å²) in [5.41, 5.74) is 0. The maximum absolute atomic E-state index is 11.4. The number of rotatable bonds is 7. The van der Waals surface area contributed by atoms with E-state index in [1.807, 2.05) is 0 Å². The summed E-state index contributed by atoms with van der Waals surface area (Å²) in [4.78, 5) is 20.1. The molecular formula is C8H18O5Si. The van der Waals surface area contributed by atoms with Crippen LogP contribution in [0.25, 0.3) is 0 Å². The maximum Gasteiger partial charge on any atom is 0.401 e. The van der Waals surface area contributed by atoms with Crippen LogP contribution in [0.2, 0.25) is 6.04 Å². The molecule has 6 heteroatoms. The van der Waals surface area contributed by atoms with Crippen LogP contribution in [0, 0.1) is 0 Å². The largest absolute Gasteiger partial charge is 0.401 e. The van der Waals surface area contributed by atoms with Crippen LogP contribution in [0.1, 0.15) is 12.8 Å². The van der Waals surface area contributed by atoms with E-state index in [1.54, 1.807) is 0 Å². The third-order valence-electron chi connectivity index (χ3n) is 1.99. The Morgan fingerprint density at radius 1 is 1.29 bits per heavy atom. The second-order valence-corrected chi connectivity index (χ2v) is 3.80. The van der Waals surface area contributed by atoms with Gasteiger partial charge in [0, 0.05) is 30.9 Å². The van der Waals surface area contributed by atoms with Crippen LogP contribution in [0.3, 0.4) is 0 Å². The van der Waals surface area contributed by atoms with Crippen LogP contribution in [-0.4, -0.2) is 43.3 Å². The van der Waals surface area contributed by atoms with Crippen molar-refractivity contribution in [1.82, 2.24) is 0 Å². The summed E-state index contributed by atoms with van der Waals surface area (Å²) in [5, 5.41) is 0. The summed E-state index contributed by atoms with van der Waals surface area (Å²) in [7, 11) is 5.18. The highest BCUT2D eigenvalue weighted by atomic mass is 28.1. The quantitative estimate of drug-likeness (QED) is 0.255. The van der Waals surface area contributed by atoms with Crippen LogP contribution >= 0.6 is 0 Å². The van der Waals surface area contributed by atoms with Crippen LogP contribution in [0.4, 0.5) is 0 Å². The molecule has 84 valence electrons. The summed E-state index contributed by atoms with van der Waals surface area (Å²) < 4.78 is 10.1. The van der Waals surface area contributed by atoms with Crippen molar-refractivity contribution in [2.24, 2.45) is 0 Å². The first kappa shape index (κ1) is 13.6. The van der Waals surface area contributed by atoms with Crippen molar-refractivity contribution >= 4 is 16.2 Å². The molecule has 0 saturated heterocycles. The van der Waals surface area contributed by atoms with Crippen molar-refractivity contribution in [3.63, 3.8) is 0 Å². The molecule has 0 aliphatic rings. The molecule has 5 nitrogen and oxygen atoms in total. The molecule has 0 aromatic rings. The summed E-state index contributed by atoms with van der Waals surface area (Å²) in [5.74, 6) is -1.97. The van der Waals surface area contributed by atoms with E-state index in [0.29, 0.717) is 6.42 Å². The molecule has 0 fully saturated rings. The number of carbonyl (C=O) groups is 1. The zero-order chi connectivity index (χ0) is 11.0. The van der Waals surface area contributed by atoms with E-state index < -0.39 is 11.8 Å². The van der Waals surface area contributed by atoms with E-state index >= 15 is 0 Å². The van der Waals surface area contributed by atoms with Gasteiger partial charge in [-0.3, -0.25) is 4.89 Å². The highest BCUT2D eigenvalue weighted by Gasteiger charge is 2.41. The van der Waals surface area contributed by atoms with Crippen LogP contribution in [0.5, 0.6) is 0 Å². The van der Waals surface area contributed by atoms with Crippen molar-refractivity contribution in [2.75, 3.05) is 21.3 Å². The highest BCUT2D eigenvalue weighted by molar-refractivity contribution is 6.08. The standard InChI is InChI=1S/C8H18O5Si/c1-10-8(11-2,5-4-6-14)7(9)13-12-3/h4-6H2,1-3,14H3. The lowest BCUT2D eigenvalue weighted by Crippen LogP contribution is -2.44. The average Bonchev–Trinajstić information content (AvgIpc) is 2.21. The van der Waals surface area contributed by atoms with Gasteiger partial charge in [-0.1, -0.05) is 12.5 Å². The molecule has 0 spiro atoms. The maximum atomic E-state index is 11.4. The van der Waals surface area contributed by atoms with E-state index in [-0.39, 0.29) is 0 Å². The Morgan fingerprint density at radius 3 is 2.21 bits per heavy atom. The Labute approximate surface area is 87.0 Å². The van der Waals surface area contributed by atoms with Crippen molar-refractivity contribution in [2.45, 2.75) is 24.7 Å². The molecule has 0 heterocycles. The second kappa shape index (κ2) is 6.94. The van der Waals surface area contributed by atoms with Crippen LogP contribution in [0.15, 0.2) is 0 Å². The molecule has 0 saturated carbocycles. The van der Waals surface area contributed by atoms with E-state index in [4.69, 9.17) is 9.47 Å². The van der Waals surface area contributed by atoms with E-state index in [9.17, 15) is 4.79 Å². The fourth-order valence-corrected chi connectivity index (χ4v) is 1.46. The molecule has 0 aromatic carbocycles. The normalized spacial score (nSPS) is 11.6. The van der Waals surface area contributed by atoms with Crippen molar-refractivity contribution in [3.05, 3.63) is 0 Å². The van der Waals surface area contributed by atoms with Gasteiger partial charge in [0.05, 0.1) is 7.11 Å². The molecule has 14 heavy (non-hydrogen) atoms. The van der Waals surface area contributed by atoms with Crippen molar-refractivity contribution in [3.8, 4) is 0 Å². The minimum absolute atomic E-state index is 0.478. The Morgan fingerprint density at radius 2 is 1.86 bits per heavy atom. The first-order valence-corrected chi connectivity index (χ1v) is 5.93. The molecule has 0 aliphatic carbocycles. The van der Waals surface area contributed by atoms with Gasteiger partial charge in [-0.15, -0.1) is 0 Å². The average molecular weight is 222 g/mol. The molecule has 0 unspecified atom stereocenters. The van der Waals surface area contributed by atoms with Gasteiger partial charge in [-0.05, 0) is 0 Å². The summed E-state index contributed by atoms with van der Waals surface area (Å²) >= 11 is 0. The van der Waals surface area contributed by atoms with Crippen LogP contribution < -0.4 is 0 Å². The predicted molar refractivity (Wildman–Crippen MR) is 53.8 cm³/mol. The number of carbonyl (C=O) groups excluding carboxylic acids is 1. The Balaban J connectivity index is 4.42. The molecule has 0 radical (unpaired) electrons. The second-order valence-electron chi connectivity index (χ2n) is 2.80. The lowest BCUT2D eigenvalue weighted by molar-refractivity contribution is -0.300. The fourth-order valence-electron chi connectivity index (χ4n) is 1.10. The van der Waals surface area contributed by atoms with Gasteiger partial charge in [0.2, 0.25) is 0 Å². The minimum Gasteiger partial charge on any atom is -0.344 e. The predicted octanol–water partition coefficient (Wildman–Crippen LogP) is -0.356. The lowest BCUT2D eigenvalue weighted by Gasteiger charge is -2.26. The highest BCUT2D eigenvalue weighted by Crippen LogP contribution is 2.21. The van der Waals surface area contributed by atoms with E-state index in [1.165, 1.54) is 21.3 Å². The fraction of sp³-hybridized carbons (Fsp3) is 0.875. The van der Waals surface area contributed by atoms with Gasteiger partial charge in [-0.2, -0.15) is 4.89 Å². The third-order valence-corrected chi connectivity index (χ3v) is 2.70. The molecule has 0 rings (SSSR count). The zero-order valence-corrected chi connectivity index (χ0v) is 11.2. The van der Waals surface area contributed by atoms with Crippen molar-refractivity contribution in [1.29, 1.82) is 0 Å². The molecule has 0 bridgehead atoms. The first-order chi connectivity index (χ1) is 6.66. The first-order valence-electron chi connectivity index (χ1n) is 4.52. The minimum atomic E-state index is -1.32. The summed E-state index contributed by atoms with van der Waals surface area (Å²) in [6.07, 6.45) is 1.35. The zero-order valence-electron chi connectivity index (χ0n) is 9.16. The number of ether oxygens (including phenoxy) is 2. The summed E-state index contributed by atoms with van der Waals surface area (Å²) in [6.45, 7) is 0. The smallest absolute Gasteiger partial charge is 0.344 e. The van der Waals surface area contributed by atoms with Gasteiger partial charge >= 0.3 is 5.97 Å². The van der Waals surface area contributed by atoms with E-state index in [0.717, 1.165) is 22.7 Å². The van der Waals surface area contributed by atoms with Crippen LogP contribution in [-0.2, 0) is 24.0 Å². The Hall–Kier alpha value is -0.433. The van der Waals surface area contributed by atoms with Crippen molar-refractivity contribution < 1.29 is 24.0 Å². The van der Waals surface area contributed by atoms with E-state index in [2.05, 4.69) is 9.78 Å².